The fraction of sp³-hybridized carbons (Fsp3) is 0.800. The summed E-state index contributed by atoms with van der Waals surface area (Å²) in [4.78, 5) is 15.2. The molecule has 0 bridgehead atoms. The van der Waals surface area contributed by atoms with E-state index < -0.39 is 0 Å². The fourth-order valence-corrected chi connectivity index (χ4v) is 0.959. The van der Waals surface area contributed by atoms with Gasteiger partial charge in [0.05, 0.1) is 6.54 Å². The van der Waals surface area contributed by atoms with Crippen LogP contribution in [-0.2, 0) is 4.79 Å². The van der Waals surface area contributed by atoms with Crippen LogP contribution < -0.4 is 16.0 Å². The van der Waals surface area contributed by atoms with Crippen LogP contribution in [0.1, 0.15) is 27.2 Å². The molecule has 3 N–H and O–H groups in total. The van der Waals surface area contributed by atoms with E-state index in [1.807, 2.05) is 20.8 Å². The normalized spacial score (nSPS) is 11.4. The lowest BCUT2D eigenvalue weighted by atomic mass is 10.4. The summed E-state index contributed by atoms with van der Waals surface area (Å²) < 4.78 is 0. The average Bonchev–Trinajstić information content (AvgIpc) is 2.20. The maximum absolute atomic E-state index is 11.3. The Morgan fingerprint density at radius 2 is 2.00 bits per heavy atom. The van der Waals surface area contributed by atoms with Crippen molar-refractivity contribution in [1.29, 1.82) is 0 Å². The van der Waals surface area contributed by atoms with Crippen molar-refractivity contribution in [2.24, 2.45) is 4.99 Å². The van der Waals surface area contributed by atoms with Gasteiger partial charge in [0.15, 0.2) is 5.96 Å². The summed E-state index contributed by atoms with van der Waals surface area (Å²) in [6, 6.07) is 0.301. The number of hydrogen-bond donors (Lipinski definition) is 3. The molecule has 0 aromatic rings. The minimum atomic E-state index is -0.0106. The molecule has 0 saturated carbocycles. The Bertz CT molecular complexity index is 213. The first-order valence-corrected chi connectivity index (χ1v) is 5.34. The highest BCUT2D eigenvalue weighted by atomic mass is 16.1. The predicted molar refractivity (Wildman–Crippen MR) is 62.9 cm³/mol. The van der Waals surface area contributed by atoms with Crippen LogP contribution in [-0.4, -0.2) is 38.0 Å². The Kier molecular flexibility index (Phi) is 7.40. The van der Waals surface area contributed by atoms with E-state index in [0.29, 0.717) is 12.0 Å². The average molecular weight is 214 g/mol. The Morgan fingerprint density at radius 1 is 1.33 bits per heavy atom. The van der Waals surface area contributed by atoms with Crippen LogP contribution in [0.5, 0.6) is 0 Å². The van der Waals surface area contributed by atoms with E-state index in [-0.39, 0.29) is 12.5 Å². The molecular formula is C10H22N4O. The molecule has 0 heterocycles. The summed E-state index contributed by atoms with van der Waals surface area (Å²) >= 11 is 0. The van der Waals surface area contributed by atoms with Crippen molar-refractivity contribution in [3.63, 3.8) is 0 Å². The highest BCUT2D eigenvalue weighted by Gasteiger charge is 2.03. The zero-order valence-corrected chi connectivity index (χ0v) is 10.1. The number of rotatable bonds is 5. The van der Waals surface area contributed by atoms with E-state index in [0.717, 1.165) is 13.0 Å². The Morgan fingerprint density at radius 3 is 2.47 bits per heavy atom. The Labute approximate surface area is 91.7 Å². The van der Waals surface area contributed by atoms with E-state index >= 15 is 0 Å². The molecule has 0 aliphatic rings. The van der Waals surface area contributed by atoms with Crippen molar-refractivity contribution in [2.75, 3.05) is 20.1 Å². The molecule has 0 aromatic carbocycles. The summed E-state index contributed by atoms with van der Waals surface area (Å²) in [5, 5.41) is 8.82. The largest absolute Gasteiger partial charge is 0.355 e. The molecule has 0 aromatic heterocycles. The highest BCUT2D eigenvalue weighted by Crippen LogP contribution is 1.77. The molecule has 5 nitrogen and oxygen atoms in total. The van der Waals surface area contributed by atoms with Crippen molar-refractivity contribution in [3.05, 3.63) is 0 Å². The van der Waals surface area contributed by atoms with Crippen LogP contribution in [0.3, 0.4) is 0 Å². The van der Waals surface area contributed by atoms with Gasteiger partial charge in [-0.15, -0.1) is 0 Å². The first kappa shape index (κ1) is 13.7. The predicted octanol–water partition coefficient (Wildman–Crippen LogP) is 0.0860. The maximum atomic E-state index is 11.3. The first-order valence-electron chi connectivity index (χ1n) is 5.34. The van der Waals surface area contributed by atoms with Gasteiger partial charge in [0.2, 0.25) is 5.91 Å². The smallest absolute Gasteiger partial charge is 0.239 e. The lowest BCUT2D eigenvalue weighted by Crippen LogP contribution is -2.45. The maximum Gasteiger partial charge on any atom is 0.239 e. The molecule has 0 unspecified atom stereocenters. The fourth-order valence-electron chi connectivity index (χ4n) is 0.959. The minimum absolute atomic E-state index is 0.0106. The van der Waals surface area contributed by atoms with Gasteiger partial charge in [0.1, 0.15) is 0 Å². The molecule has 0 aliphatic heterocycles. The quantitative estimate of drug-likeness (QED) is 0.449. The van der Waals surface area contributed by atoms with Gasteiger partial charge in [0.25, 0.3) is 0 Å². The van der Waals surface area contributed by atoms with Crippen LogP contribution in [0.4, 0.5) is 0 Å². The van der Waals surface area contributed by atoms with E-state index in [4.69, 9.17) is 0 Å². The molecule has 0 saturated heterocycles. The third kappa shape index (κ3) is 7.78. The van der Waals surface area contributed by atoms with Gasteiger partial charge in [0, 0.05) is 19.6 Å². The monoisotopic (exact) mass is 214 g/mol. The molecular weight excluding hydrogens is 192 g/mol. The number of nitrogens with zero attached hydrogens (tertiary/aromatic N) is 1. The third-order valence-electron chi connectivity index (χ3n) is 1.64. The number of amides is 1. The Hall–Kier alpha value is -1.26. The molecule has 15 heavy (non-hydrogen) atoms. The first-order chi connectivity index (χ1) is 7.10. The summed E-state index contributed by atoms with van der Waals surface area (Å²) in [5.74, 6) is 0.639. The molecule has 5 heteroatoms. The van der Waals surface area contributed by atoms with Gasteiger partial charge < -0.3 is 16.0 Å². The number of nitrogens with one attached hydrogen (secondary N) is 3. The van der Waals surface area contributed by atoms with Gasteiger partial charge in [-0.25, -0.2) is 0 Å². The van der Waals surface area contributed by atoms with E-state index in [1.54, 1.807) is 7.05 Å². The molecule has 0 atom stereocenters. The van der Waals surface area contributed by atoms with Gasteiger partial charge >= 0.3 is 0 Å². The van der Waals surface area contributed by atoms with Crippen LogP contribution in [0, 0.1) is 0 Å². The van der Waals surface area contributed by atoms with Crippen LogP contribution in [0.15, 0.2) is 4.99 Å². The van der Waals surface area contributed by atoms with Gasteiger partial charge in [-0.05, 0) is 20.3 Å². The second kappa shape index (κ2) is 8.08. The minimum Gasteiger partial charge on any atom is -0.355 e. The third-order valence-corrected chi connectivity index (χ3v) is 1.64. The van der Waals surface area contributed by atoms with Gasteiger partial charge in [-0.2, -0.15) is 0 Å². The molecule has 0 fully saturated rings. The lowest BCUT2D eigenvalue weighted by Gasteiger charge is -2.14. The number of aliphatic imine (C=N–C) groups is 1. The zero-order chi connectivity index (χ0) is 11.7. The summed E-state index contributed by atoms with van der Waals surface area (Å²) in [6.45, 7) is 7.03. The van der Waals surface area contributed by atoms with E-state index in [1.165, 1.54) is 0 Å². The standard InChI is InChI=1S/C10H22N4O/c1-5-6-12-9(15)7-13-10(11-4)14-8(2)3/h8H,5-7H2,1-4H3,(H,12,15)(H2,11,13,14). The molecule has 0 spiro atoms. The van der Waals surface area contributed by atoms with E-state index in [9.17, 15) is 4.79 Å². The topological polar surface area (TPSA) is 65.5 Å². The molecule has 88 valence electrons. The van der Waals surface area contributed by atoms with Crippen molar-refractivity contribution in [3.8, 4) is 0 Å². The molecule has 0 rings (SSSR count). The lowest BCUT2D eigenvalue weighted by molar-refractivity contribution is -0.120. The number of hydrogen-bond acceptors (Lipinski definition) is 2. The highest BCUT2D eigenvalue weighted by molar-refractivity contribution is 5.86. The van der Waals surface area contributed by atoms with Crippen molar-refractivity contribution < 1.29 is 4.79 Å². The number of guanidine groups is 1. The van der Waals surface area contributed by atoms with Crippen LogP contribution >= 0.6 is 0 Å². The van der Waals surface area contributed by atoms with Crippen molar-refractivity contribution >= 4 is 11.9 Å². The molecule has 0 aliphatic carbocycles. The van der Waals surface area contributed by atoms with Gasteiger partial charge in [-0.3, -0.25) is 9.79 Å². The van der Waals surface area contributed by atoms with E-state index in [2.05, 4.69) is 20.9 Å². The molecule has 1 amide bonds. The zero-order valence-electron chi connectivity index (χ0n) is 10.1. The summed E-state index contributed by atoms with van der Waals surface area (Å²) in [5.41, 5.74) is 0. The number of carbonyl (C=O) groups excluding carboxylic acids is 1. The Balaban J connectivity index is 3.76. The number of carbonyl (C=O) groups is 1. The van der Waals surface area contributed by atoms with Gasteiger partial charge in [-0.1, -0.05) is 6.92 Å². The SMILES string of the molecule is CCCNC(=O)CNC(=NC)NC(C)C. The second-order valence-corrected chi connectivity index (χ2v) is 3.57. The second-order valence-electron chi connectivity index (χ2n) is 3.57. The molecule has 0 radical (unpaired) electrons. The summed E-state index contributed by atoms with van der Waals surface area (Å²) in [6.07, 6.45) is 0.949. The van der Waals surface area contributed by atoms with Crippen molar-refractivity contribution in [1.82, 2.24) is 16.0 Å². The van der Waals surface area contributed by atoms with Crippen molar-refractivity contribution in [2.45, 2.75) is 33.2 Å². The van der Waals surface area contributed by atoms with Crippen LogP contribution in [0.25, 0.3) is 0 Å². The summed E-state index contributed by atoms with van der Waals surface area (Å²) in [7, 11) is 1.68. The van der Waals surface area contributed by atoms with Crippen LogP contribution in [0.2, 0.25) is 0 Å².